The molecule has 2 nitrogen and oxygen atoms in total. The Bertz CT molecular complexity index is 173. The number of carbonyl (C=O) groups excluding carboxylic acids is 1. The maximum atomic E-state index is 12.4. The van der Waals surface area contributed by atoms with Gasteiger partial charge in [-0.05, 0) is 12.8 Å². The van der Waals surface area contributed by atoms with Crippen molar-refractivity contribution in [1.82, 2.24) is 4.90 Å². The van der Waals surface area contributed by atoms with Crippen LogP contribution in [0.5, 0.6) is 0 Å². The highest BCUT2D eigenvalue weighted by Crippen LogP contribution is 2.22. The lowest BCUT2D eigenvalue weighted by Crippen LogP contribution is -2.47. The fraction of sp³-hybridized carbons (Fsp3) is 0.889. The van der Waals surface area contributed by atoms with Crippen molar-refractivity contribution < 1.29 is 13.6 Å². The summed E-state index contributed by atoms with van der Waals surface area (Å²) in [5.74, 6) is -2.15. The highest BCUT2D eigenvalue weighted by Gasteiger charge is 2.29. The monoisotopic (exact) mass is 191 g/mol. The number of rotatable bonds is 5. The van der Waals surface area contributed by atoms with Gasteiger partial charge in [0.1, 0.15) is 6.29 Å². The number of aldehydes is 1. The van der Waals surface area contributed by atoms with Gasteiger partial charge < -0.3 is 9.69 Å². The minimum atomic E-state index is -2.56. The van der Waals surface area contributed by atoms with Gasteiger partial charge in [0.15, 0.2) is 0 Å². The van der Waals surface area contributed by atoms with Crippen LogP contribution in [-0.2, 0) is 4.79 Å². The highest BCUT2D eigenvalue weighted by atomic mass is 19.3. The van der Waals surface area contributed by atoms with E-state index >= 15 is 0 Å². The Balaban J connectivity index is 2.05. The second-order valence-electron chi connectivity index (χ2n) is 3.85. The Labute approximate surface area is 76.9 Å². The first-order valence-corrected chi connectivity index (χ1v) is 4.55. The second-order valence-corrected chi connectivity index (χ2v) is 3.85. The van der Waals surface area contributed by atoms with Gasteiger partial charge in [-0.3, -0.25) is 0 Å². The molecule has 0 atom stereocenters. The zero-order valence-corrected chi connectivity index (χ0v) is 7.80. The fourth-order valence-corrected chi connectivity index (χ4v) is 1.50. The van der Waals surface area contributed by atoms with E-state index in [0.29, 0.717) is 18.9 Å². The van der Waals surface area contributed by atoms with E-state index in [-0.39, 0.29) is 6.42 Å². The summed E-state index contributed by atoms with van der Waals surface area (Å²) < 4.78 is 24.8. The molecule has 0 unspecified atom stereocenters. The number of likely N-dealkylation sites (tertiary alicyclic amines) is 1. The Morgan fingerprint density at radius 1 is 1.54 bits per heavy atom. The smallest absolute Gasteiger partial charge is 0.246 e. The third kappa shape index (κ3) is 3.81. The fourth-order valence-electron chi connectivity index (χ4n) is 1.50. The first-order chi connectivity index (χ1) is 6.01. The largest absolute Gasteiger partial charge is 0.303 e. The number of hydrogen-bond acceptors (Lipinski definition) is 2. The first kappa shape index (κ1) is 10.6. The quantitative estimate of drug-likeness (QED) is 0.614. The Morgan fingerprint density at radius 2 is 2.15 bits per heavy atom. The number of hydrogen-bond donors (Lipinski definition) is 0. The summed E-state index contributed by atoms with van der Waals surface area (Å²) in [6, 6.07) is 0. The average molecular weight is 191 g/mol. The molecule has 1 aliphatic heterocycles. The summed E-state index contributed by atoms with van der Waals surface area (Å²) in [6.45, 7) is 2.98. The summed E-state index contributed by atoms with van der Waals surface area (Å²) in [5, 5.41) is 0. The molecule has 0 aliphatic carbocycles. The van der Waals surface area contributed by atoms with E-state index in [1.54, 1.807) is 0 Å². The van der Waals surface area contributed by atoms with E-state index in [2.05, 4.69) is 0 Å². The van der Waals surface area contributed by atoms with Crippen molar-refractivity contribution in [3.05, 3.63) is 0 Å². The van der Waals surface area contributed by atoms with Crippen LogP contribution in [0.3, 0.4) is 0 Å². The SMILES string of the molecule is CC(F)(F)CCN1CC(CC=O)C1. The van der Waals surface area contributed by atoms with Crippen LogP contribution in [0.4, 0.5) is 8.78 Å². The van der Waals surface area contributed by atoms with E-state index in [1.807, 2.05) is 4.90 Å². The van der Waals surface area contributed by atoms with E-state index in [9.17, 15) is 13.6 Å². The lowest BCUT2D eigenvalue weighted by Gasteiger charge is -2.38. The molecule has 0 radical (unpaired) electrons. The first-order valence-electron chi connectivity index (χ1n) is 4.55. The van der Waals surface area contributed by atoms with Crippen molar-refractivity contribution >= 4 is 6.29 Å². The molecule has 1 aliphatic rings. The molecular weight excluding hydrogens is 176 g/mol. The van der Waals surface area contributed by atoms with Crippen LogP contribution in [-0.4, -0.2) is 36.7 Å². The highest BCUT2D eigenvalue weighted by molar-refractivity contribution is 5.50. The van der Waals surface area contributed by atoms with Gasteiger partial charge in [0.05, 0.1) is 0 Å². The molecule has 0 N–H and O–H groups in total. The predicted octanol–water partition coefficient (Wildman–Crippen LogP) is 1.55. The van der Waals surface area contributed by atoms with Gasteiger partial charge in [0, 0.05) is 32.5 Å². The molecule has 1 heterocycles. The molecule has 0 bridgehead atoms. The van der Waals surface area contributed by atoms with Crippen LogP contribution in [0.2, 0.25) is 0 Å². The molecule has 0 aromatic carbocycles. The Kier molecular flexibility index (Phi) is 3.36. The minimum absolute atomic E-state index is 0.0825. The van der Waals surface area contributed by atoms with Crippen molar-refractivity contribution in [2.24, 2.45) is 5.92 Å². The lowest BCUT2D eigenvalue weighted by atomic mass is 9.97. The summed E-state index contributed by atoms with van der Waals surface area (Å²) >= 11 is 0. The van der Waals surface area contributed by atoms with Gasteiger partial charge >= 0.3 is 0 Å². The maximum Gasteiger partial charge on any atom is 0.246 e. The van der Waals surface area contributed by atoms with Gasteiger partial charge in [-0.25, -0.2) is 8.78 Å². The third-order valence-electron chi connectivity index (χ3n) is 2.33. The van der Waals surface area contributed by atoms with Crippen LogP contribution >= 0.6 is 0 Å². The van der Waals surface area contributed by atoms with Crippen molar-refractivity contribution in [2.45, 2.75) is 25.7 Å². The maximum absolute atomic E-state index is 12.4. The van der Waals surface area contributed by atoms with E-state index in [0.717, 1.165) is 26.3 Å². The van der Waals surface area contributed by atoms with Gasteiger partial charge in [0.2, 0.25) is 5.92 Å². The number of halogens is 2. The number of carbonyl (C=O) groups is 1. The number of alkyl halides is 2. The van der Waals surface area contributed by atoms with Crippen molar-refractivity contribution in [1.29, 1.82) is 0 Å². The molecule has 1 saturated heterocycles. The average Bonchev–Trinajstić information content (AvgIpc) is 1.91. The standard InChI is InChI=1S/C9H15F2NO/c1-9(10,11)3-4-12-6-8(7-12)2-5-13/h5,8H,2-4,6-7H2,1H3. The molecule has 0 saturated carbocycles. The minimum Gasteiger partial charge on any atom is -0.303 e. The molecule has 0 spiro atoms. The second kappa shape index (κ2) is 4.13. The molecule has 1 rings (SSSR count). The topological polar surface area (TPSA) is 20.3 Å². The predicted molar refractivity (Wildman–Crippen MR) is 45.8 cm³/mol. The molecular formula is C9H15F2NO. The van der Waals surface area contributed by atoms with Crippen LogP contribution in [0, 0.1) is 5.92 Å². The van der Waals surface area contributed by atoms with E-state index in [1.165, 1.54) is 0 Å². The third-order valence-corrected chi connectivity index (χ3v) is 2.33. The summed E-state index contributed by atoms with van der Waals surface area (Å²) in [6.07, 6.45) is 1.39. The van der Waals surface area contributed by atoms with Crippen LogP contribution in [0.15, 0.2) is 0 Å². The normalized spacial score (nSPS) is 19.9. The van der Waals surface area contributed by atoms with Crippen molar-refractivity contribution in [3.8, 4) is 0 Å². The van der Waals surface area contributed by atoms with Crippen molar-refractivity contribution in [3.63, 3.8) is 0 Å². The molecule has 4 heteroatoms. The molecule has 0 amide bonds. The van der Waals surface area contributed by atoms with E-state index in [4.69, 9.17) is 0 Å². The zero-order chi connectivity index (χ0) is 9.90. The van der Waals surface area contributed by atoms with Crippen LogP contribution in [0.1, 0.15) is 19.8 Å². The van der Waals surface area contributed by atoms with Gasteiger partial charge in [-0.1, -0.05) is 0 Å². The molecule has 76 valence electrons. The summed E-state index contributed by atoms with van der Waals surface area (Å²) in [5.41, 5.74) is 0. The van der Waals surface area contributed by atoms with Gasteiger partial charge in [0.25, 0.3) is 0 Å². The lowest BCUT2D eigenvalue weighted by molar-refractivity contribution is -0.110. The van der Waals surface area contributed by atoms with E-state index < -0.39 is 5.92 Å². The van der Waals surface area contributed by atoms with Crippen LogP contribution < -0.4 is 0 Å². The Hall–Kier alpha value is -0.510. The Morgan fingerprint density at radius 3 is 2.62 bits per heavy atom. The number of nitrogens with zero attached hydrogens (tertiary/aromatic N) is 1. The summed E-state index contributed by atoms with van der Waals surface area (Å²) in [7, 11) is 0. The van der Waals surface area contributed by atoms with Gasteiger partial charge in [-0.15, -0.1) is 0 Å². The molecule has 13 heavy (non-hydrogen) atoms. The van der Waals surface area contributed by atoms with Crippen LogP contribution in [0.25, 0.3) is 0 Å². The van der Waals surface area contributed by atoms with Crippen molar-refractivity contribution in [2.75, 3.05) is 19.6 Å². The molecule has 0 aromatic rings. The molecule has 0 aromatic heterocycles. The zero-order valence-electron chi connectivity index (χ0n) is 7.80. The molecule has 1 fully saturated rings. The van der Waals surface area contributed by atoms with Gasteiger partial charge in [-0.2, -0.15) is 0 Å². The summed E-state index contributed by atoms with van der Waals surface area (Å²) in [4.78, 5) is 12.1.